The number of nitrogens with one attached hydrogen (secondary N) is 1. The molecule has 0 aliphatic carbocycles. The molecule has 2 rings (SSSR count). The molecular formula is C18H28N2O2. The number of rotatable bonds is 3. The van der Waals surface area contributed by atoms with E-state index in [1.165, 1.54) is 12.5 Å². The molecule has 4 heteroatoms. The Morgan fingerprint density at radius 3 is 2.55 bits per heavy atom. The minimum atomic E-state index is -0.190. The van der Waals surface area contributed by atoms with Crippen LogP contribution in [0.25, 0.3) is 0 Å². The Labute approximate surface area is 132 Å². The molecule has 0 radical (unpaired) electrons. The zero-order valence-electron chi connectivity index (χ0n) is 14.2. The molecule has 0 saturated carbocycles. The Kier molecular flexibility index (Phi) is 5.43. The molecule has 122 valence electrons. The second-order valence-corrected chi connectivity index (χ2v) is 7.07. The predicted molar refractivity (Wildman–Crippen MR) is 89.2 cm³/mol. The summed E-state index contributed by atoms with van der Waals surface area (Å²) < 4.78 is 0. The molecule has 0 bridgehead atoms. The summed E-state index contributed by atoms with van der Waals surface area (Å²) in [4.78, 5) is 29.2. The second kappa shape index (κ2) is 7.12. The van der Waals surface area contributed by atoms with E-state index in [4.69, 9.17) is 0 Å². The van der Waals surface area contributed by atoms with E-state index in [2.05, 4.69) is 18.8 Å². The van der Waals surface area contributed by atoms with Crippen molar-refractivity contribution in [2.75, 3.05) is 13.1 Å². The maximum atomic E-state index is 12.7. The first-order valence-electron chi connectivity index (χ1n) is 8.42. The van der Waals surface area contributed by atoms with E-state index in [-0.39, 0.29) is 17.4 Å². The van der Waals surface area contributed by atoms with Gasteiger partial charge in [-0.2, -0.15) is 0 Å². The van der Waals surface area contributed by atoms with Gasteiger partial charge in [0, 0.05) is 30.4 Å². The Balaban J connectivity index is 2.16. The van der Waals surface area contributed by atoms with E-state index >= 15 is 0 Å². The first-order chi connectivity index (χ1) is 10.4. The highest BCUT2D eigenvalue weighted by atomic mass is 16.2. The number of likely N-dealkylation sites (tertiary alicyclic amines) is 1. The monoisotopic (exact) mass is 304 g/mol. The van der Waals surface area contributed by atoms with Crippen LogP contribution in [0, 0.1) is 11.8 Å². The molecule has 1 amide bonds. The fraction of sp³-hybridized carbons (Fsp3) is 0.667. The van der Waals surface area contributed by atoms with Crippen LogP contribution in [0.1, 0.15) is 68.9 Å². The van der Waals surface area contributed by atoms with Crippen LogP contribution in [0.2, 0.25) is 0 Å². The molecule has 2 heterocycles. The molecule has 1 N–H and O–H groups in total. The van der Waals surface area contributed by atoms with Gasteiger partial charge in [0.05, 0.1) is 0 Å². The summed E-state index contributed by atoms with van der Waals surface area (Å²) in [6.45, 7) is 10.1. The zero-order chi connectivity index (χ0) is 16.3. The van der Waals surface area contributed by atoms with Gasteiger partial charge < -0.3 is 9.88 Å². The molecular weight excluding hydrogens is 276 g/mol. The van der Waals surface area contributed by atoms with Gasteiger partial charge in [-0.1, -0.05) is 27.7 Å². The summed E-state index contributed by atoms with van der Waals surface area (Å²) >= 11 is 0. The molecule has 1 aliphatic rings. The highest BCUT2D eigenvalue weighted by Crippen LogP contribution is 2.25. The molecule has 1 aromatic rings. The van der Waals surface area contributed by atoms with Crippen molar-refractivity contribution in [2.24, 2.45) is 11.8 Å². The van der Waals surface area contributed by atoms with E-state index < -0.39 is 0 Å². The van der Waals surface area contributed by atoms with E-state index in [1.807, 2.05) is 24.8 Å². The average molecular weight is 304 g/mol. The van der Waals surface area contributed by atoms with E-state index in [9.17, 15) is 9.59 Å². The number of carbonyl (C=O) groups excluding carboxylic acids is 1. The molecule has 1 fully saturated rings. The predicted octanol–water partition coefficient (Wildman–Crippen LogP) is 3.40. The summed E-state index contributed by atoms with van der Waals surface area (Å²) in [5, 5.41) is 0. The number of amides is 1. The first kappa shape index (κ1) is 16.8. The molecule has 1 aliphatic heterocycles. The van der Waals surface area contributed by atoms with Crippen LogP contribution in [0.4, 0.5) is 0 Å². The second-order valence-electron chi connectivity index (χ2n) is 7.07. The standard InChI is InChI=1S/C18H28N2O2/c1-12(2)14-6-5-8-20(9-7-14)18(22)15-10-16(13(3)4)19-17(21)11-15/h10-14H,5-9H2,1-4H3,(H,19,21). The number of hydrogen-bond acceptors (Lipinski definition) is 2. The van der Waals surface area contributed by atoms with Gasteiger partial charge in [-0.3, -0.25) is 9.59 Å². The average Bonchev–Trinajstić information content (AvgIpc) is 2.71. The van der Waals surface area contributed by atoms with E-state index in [1.54, 1.807) is 0 Å². The molecule has 1 atom stereocenters. The zero-order valence-corrected chi connectivity index (χ0v) is 14.2. The third kappa shape index (κ3) is 3.99. The number of pyridine rings is 1. The molecule has 22 heavy (non-hydrogen) atoms. The van der Waals surface area contributed by atoms with Gasteiger partial charge >= 0.3 is 0 Å². The minimum Gasteiger partial charge on any atom is -0.339 e. The van der Waals surface area contributed by atoms with Gasteiger partial charge in [-0.15, -0.1) is 0 Å². The highest BCUT2D eigenvalue weighted by Gasteiger charge is 2.23. The van der Waals surface area contributed by atoms with Crippen LogP contribution in [-0.4, -0.2) is 28.9 Å². The van der Waals surface area contributed by atoms with Crippen molar-refractivity contribution in [3.05, 3.63) is 33.7 Å². The normalized spacial score (nSPS) is 19.5. The van der Waals surface area contributed by atoms with Crippen LogP contribution in [0.3, 0.4) is 0 Å². The highest BCUT2D eigenvalue weighted by molar-refractivity contribution is 5.94. The minimum absolute atomic E-state index is 0.00240. The largest absolute Gasteiger partial charge is 0.339 e. The van der Waals surface area contributed by atoms with Crippen molar-refractivity contribution in [3.63, 3.8) is 0 Å². The summed E-state index contributed by atoms with van der Waals surface area (Å²) in [5.41, 5.74) is 1.16. The van der Waals surface area contributed by atoms with Gasteiger partial charge in [0.25, 0.3) is 5.91 Å². The molecule has 4 nitrogen and oxygen atoms in total. The van der Waals surface area contributed by atoms with Gasteiger partial charge in [-0.05, 0) is 43.1 Å². The SMILES string of the molecule is CC(C)c1cc(C(=O)N2CCCC(C(C)C)CC2)cc(=O)[nH]1. The van der Waals surface area contributed by atoms with Crippen LogP contribution >= 0.6 is 0 Å². The third-order valence-corrected chi connectivity index (χ3v) is 4.74. The lowest BCUT2D eigenvalue weighted by Gasteiger charge is -2.22. The maximum Gasteiger partial charge on any atom is 0.254 e. The summed E-state index contributed by atoms with van der Waals surface area (Å²) in [5.74, 6) is 1.57. The number of aromatic nitrogens is 1. The number of H-pyrrole nitrogens is 1. The summed E-state index contributed by atoms with van der Waals surface area (Å²) in [6, 6.07) is 3.26. The number of hydrogen-bond donors (Lipinski definition) is 1. The van der Waals surface area contributed by atoms with Crippen LogP contribution in [-0.2, 0) is 0 Å². The fourth-order valence-corrected chi connectivity index (χ4v) is 3.17. The van der Waals surface area contributed by atoms with Gasteiger partial charge in [0.2, 0.25) is 5.56 Å². The van der Waals surface area contributed by atoms with Crippen molar-refractivity contribution >= 4 is 5.91 Å². The Morgan fingerprint density at radius 2 is 1.91 bits per heavy atom. The Morgan fingerprint density at radius 1 is 1.18 bits per heavy atom. The first-order valence-corrected chi connectivity index (χ1v) is 8.42. The van der Waals surface area contributed by atoms with Crippen LogP contribution in [0.5, 0.6) is 0 Å². The molecule has 1 saturated heterocycles. The topological polar surface area (TPSA) is 53.2 Å². The van der Waals surface area contributed by atoms with Crippen molar-refractivity contribution < 1.29 is 4.79 Å². The van der Waals surface area contributed by atoms with Gasteiger partial charge in [0.1, 0.15) is 0 Å². The number of carbonyl (C=O) groups is 1. The Bertz CT molecular complexity index is 575. The molecule has 0 aromatic carbocycles. The van der Waals surface area contributed by atoms with Crippen LogP contribution < -0.4 is 5.56 Å². The Hall–Kier alpha value is -1.58. The summed E-state index contributed by atoms with van der Waals surface area (Å²) in [6.07, 6.45) is 3.30. The molecule has 0 spiro atoms. The maximum absolute atomic E-state index is 12.7. The third-order valence-electron chi connectivity index (χ3n) is 4.74. The van der Waals surface area contributed by atoms with Gasteiger partial charge in [-0.25, -0.2) is 0 Å². The number of aromatic amines is 1. The molecule has 1 unspecified atom stereocenters. The lowest BCUT2D eigenvalue weighted by molar-refractivity contribution is 0.0758. The van der Waals surface area contributed by atoms with Gasteiger partial charge in [0.15, 0.2) is 0 Å². The molecule has 1 aromatic heterocycles. The van der Waals surface area contributed by atoms with E-state index in [0.717, 1.165) is 31.6 Å². The smallest absolute Gasteiger partial charge is 0.254 e. The van der Waals surface area contributed by atoms with Crippen LogP contribution in [0.15, 0.2) is 16.9 Å². The lowest BCUT2D eigenvalue weighted by atomic mass is 9.89. The number of nitrogens with zero attached hydrogens (tertiary/aromatic N) is 1. The van der Waals surface area contributed by atoms with E-state index in [0.29, 0.717) is 17.4 Å². The lowest BCUT2D eigenvalue weighted by Crippen LogP contribution is -2.33. The van der Waals surface area contributed by atoms with Crippen molar-refractivity contribution in [2.45, 2.75) is 52.9 Å². The van der Waals surface area contributed by atoms with Crippen molar-refractivity contribution in [1.82, 2.24) is 9.88 Å². The van der Waals surface area contributed by atoms with Crippen molar-refractivity contribution in [3.8, 4) is 0 Å². The van der Waals surface area contributed by atoms with Crippen molar-refractivity contribution in [1.29, 1.82) is 0 Å². The fourth-order valence-electron chi connectivity index (χ4n) is 3.17. The summed E-state index contributed by atoms with van der Waals surface area (Å²) in [7, 11) is 0. The quantitative estimate of drug-likeness (QED) is 0.930.